The van der Waals surface area contributed by atoms with Gasteiger partial charge in [0.2, 0.25) is 5.91 Å². The van der Waals surface area contributed by atoms with Crippen LogP contribution in [0.3, 0.4) is 0 Å². The molecule has 0 aliphatic carbocycles. The van der Waals surface area contributed by atoms with Gasteiger partial charge in [0.05, 0.1) is 6.54 Å². The number of carbonyl (C=O) groups excluding carboxylic acids is 1. The number of carbonyl (C=O) groups is 1. The van der Waals surface area contributed by atoms with Crippen molar-refractivity contribution in [3.63, 3.8) is 0 Å². The number of nitrogens with one attached hydrogen (secondary N) is 2. The molecule has 0 aromatic heterocycles. The summed E-state index contributed by atoms with van der Waals surface area (Å²) < 4.78 is 26.5. The van der Waals surface area contributed by atoms with Gasteiger partial charge in [-0.3, -0.25) is 4.79 Å². The third-order valence-electron chi connectivity index (χ3n) is 3.40. The quantitative estimate of drug-likeness (QED) is 0.845. The highest BCUT2D eigenvalue weighted by molar-refractivity contribution is 6.30. The molecular formula is C17H17ClF2N2O. The largest absolute Gasteiger partial charge is 0.351 e. The van der Waals surface area contributed by atoms with E-state index in [0.29, 0.717) is 17.1 Å². The second kappa shape index (κ2) is 8.04. The first-order valence-corrected chi connectivity index (χ1v) is 7.53. The highest BCUT2D eigenvalue weighted by Gasteiger charge is 2.12. The van der Waals surface area contributed by atoms with Crippen molar-refractivity contribution in [2.75, 3.05) is 6.54 Å². The van der Waals surface area contributed by atoms with Gasteiger partial charge in [-0.1, -0.05) is 29.8 Å². The van der Waals surface area contributed by atoms with Crippen LogP contribution in [0.2, 0.25) is 5.02 Å². The minimum Gasteiger partial charge on any atom is -0.351 e. The van der Waals surface area contributed by atoms with E-state index in [1.165, 1.54) is 12.1 Å². The fourth-order valence-corrected chi connectivity index (χ4v) is 2.20. The summed E-state index contributed by atoms with van der Waals surface area (Å²) in [6.07, 6.45) is 0. The van der Waals surface area contributed by atoms with Crippen molar-refractivity contribution in [2.24, 2.45) is 0 Å². The molecule has 0 bridgehead atoms. The Hall–Kier alpha value is -1.98. The van der Waals surface area contributed by atoms with Crippen molar-refractivity contribution in [2.45, 2.75) is 19.5 Å². The van der Waals surface area contributed by atoms with Crippen LogP contribution in [-0.4, -0.2) is 12.5 Å². The van der Waals surface area contributed by atoms with E-state index in [0.717, 1.165) is 11.6 Å². The molecular weight excluding hydrogens is 322 g/mol. The summed E-state index contributed by atoms with van der Waals surface area (Å²) in [6.45, 7) is 2.13. The molecule has 0 aliphatic rings. The van der Waals surface area contributed by atoms with Gasteiger partial charge < -0.3 is 10.6 Å². The molecule has 3 nitrogen and oxygen atoms in total. The predicted octanol–water partition coefficient (Wildman–Crippen LogP) is 3.59. The lowest BCUT2D eigenvalue weighted by Crippen LogP contribution is -2.34. The average Bonchev–Trinajstić information content (AvgIpc) is 2.52. The Morgan fingerprint density at radius 1 is 1.17 bits per heavy atom. The zero-order chi connectivity index (χ0) is 16.8. The van der Waals surface area contributed by atoms with E-state index in [2.05, 4.69) is 10.6 Å². The molecule has 0 saturated heterocycles. The lowest BCUT2D eigenvalue weighted by atomic mass is 10.1. The molecule has 23 heavy (non-hydrogen) atoms. The number of amides is 1. The van der Waals surface area contributed by atoms with Crippen LogP contribution in [0.15, 0.2) is 42.5 Å². The van der Waals surface area contributed by atoms with Gasteiger partial charge in [0.15, 0.2) is 0 Å². The molecule has 6 heteroatoms. The standard InChI is InChI=1S/C17H17ClF2N2O/c1-11(15-7-6-14(19)8-16(15)20)21-10-17(23)22-9-12-2-4-13(18)5-3-12/h2-8,11,21H,9-10H2,1H3,(H,22,23)/t11-/m0/s1. The third kappa shape index (κ3) is 5.30. The molecule has 2 aromatic rings. The van der Waals surface area contributed by atoms with Crippen LogP contribution >= 0.6 is 11.6 Å². The van der Waals surface area contributed by atoms with Gasteiger partial charge in [0.25, 0.3) is 0 Å². The second-order valence-corrected chi connectivity index (χ2v) is 5.61. The Kier molecular flexibility index (Phi) is 6.07. The SMILES string of the molecule is C[C@H](NCC(=O)NCc1ccc(Cl)cc1)c1ccc(F)cc1F. The number of hydrogen-bond donors (Lipinski definition) is 2. The van der Waals surface area contributed by atoms with Crippen LogP contribution in [0.5, 0.6) is 0 Å². The monoisotopic (exact) mass is 338 g/mol. The van der Waals surface area contributed by atoms with E-state index in [4.69, 9.17) is 11.6 Å². The van der Waals surface area contributed by atoms with Crippen molar-refractivity contribution >= 4 is 17.5 Å². The Bertz CT molecular complexity index is 677. The van der Waals surface area contributed by atoms with Crippen LogP contribution in [-0.2, 0) is 11.3 Å². The van der Waals surface area contributed by atoms with E-state index in [1.807, 2.05) is 12.1 Å². The van der Waals surface area contributed by atoms with Crippen LogP contribution in [0.1, 0.15) is 24.1 Å². The van der Waals surface area contributed by atoms with Gasteiger partial charge in [-0.25, -0.2) is 8.78 Å². The molecule has 0 spiro atoms. The Morgan fingerprint density at radius 3 is 2.52 bits per heavy atom. The van der Waals surface area contributed by atoms with Gasteiger partial charge >= 0.3 is 0 Å². The first-order valence-electron chi connectivity index (χ1n) is 7.15. The molecule has 0 fully saturated rings. The maximum atomic E-state index is 13.6. The lowest BCUT2D eigenvalue weighted by molar-refractivity contribution is -0.120. The van der Waals surface area contributed by atoms with Crippen molar-refractivity contribution in [1.82, 2.24) is 10.6 Å². The molecule has 0 radical (unpaired) electrons. The summed E-state index contributed by atoms with van der Waals surface area (Å²) in [5.74, 6) is -1.47. The summed E-state index contributed by atoms with van der Waals surface area (Å²) in [4.78, 5) is 11.8. The minimum absolute atomic E-state index is 0.0333. The number of benzene rings is 2. The molecule has 0 heterocycles. The van der Waals surface area contributed by atoms with Gasteiger partial charge in [-0.2, -0.15) is 0 Å². The topological polar surface area (TPSA) is 41.1 Å². The van der Waals surface area contributed by atoms with Gasteiger partial charge in [0, 0.05) is 29.2 Å². The van der Waals surface area contributed by atoms with Crippen molar-refractivity contribution in [3.8, 4) is 0 Å². The van der Waals surface area contributed by atoms with E-state index < -0.39 is 17.7 Å². The van der Waals surface area contributed by atoms with E-state index in [9.17, 15) is 13.6 Å². The van der Waals surface area contributed by atoms with Gasteiger partial charge in [-0.05, 0) is 30.7 Å². The van der Waals surface area contributed by atoms with Gasteiger partial charge in [-0.15, -0.1) is 0 Å². The molecule has 1 atom stereocenters. The fraction of sp³-hybridized carbons (Fsp3) is 0.235. The summed E-state index contributed by atoms with van der Waals surface area (Å²) in [7, 11) is 0. The zero-order valence-corrected chi connectivity index (χ0v) is 13.3. The Labute approximate surface area is 138 Å². The third-order valence-corrected chi connectivity index (χ3v) is 3.65. The van der Waals surface area contributed by atoms with E-state index >= 15 is 0 Å². The second-order valence-electron chi connectivity index (χ2n) is 5.17. The molecule has 122 valence electrons. The van der Waals surface area contributed by atoms with Crippen LogP contribution in [0.4, 0.5) is 8.78 Å². The number of hydrogen-bond acceptors (Lipinski definition) is 2. The normalized spacial score (nSPS) is 12.0. The van der Waals surface area contributed by atoms with Crippen molar-refractivity contribution in [1.29, 1.82) is 0 Å². The summed E-state index contributed by atoms with van der Waals surface area (Å²) >= 11 is 5.79. The Morgan fingerprint density at radius 2 is 1.87 bits per heavy atom. The molecule has 1 amide bonds. The first-order chi connectivity index (χ1) is 11.0. The molecule has 0 unspecified atom stereocenters. The van der Waals surface area contributed by atoms with Crippen LogP contribution in [0, 0.1) is 11.6 Å². The number of rotatable bonds is 6. The van der Waals surface area contributed by atoms with Crippen LogP contribution in [0.25, 0.3) is 0 Å². The van der Waals surface area contributed by atoms with Gasteiger partial charge in [0.1, 0.15) is 11.6 Å². The number of halogens is 3. The maximum absolute atomic E-state index is 13.6. The van der Waals surface area contributed by atoms with Crippen molar-refractivity contribution in [3.05, 3.63) is 70.2 Å². The highest BCUT2D eigenvalue weighted by Crippen LogP contribution is 2.17. The summed E-state index contributed by atoms with van der Waals surface area (Å²) in [5.41, 5.74) is 1.25. The van der Waals surface area contributed by atoms with E-state index in [-0.39, 0.29) is 12.5 Å². The van der Waals surface area contributed by atoms with E-state index in [1.54, 1.807) is 19.1 Å². The predicted molar refractivity (Wildman–Crippen MR) is 86.1 cm³/mol. The van der Waals surface area contributed by atoms with Crippen LogP contribution < -0.4 is 10.6 Å². The maximum Gasteiger partial charge on any atom is 0.234 e. The minimum atomic E-state index is -0.633. The molecule has 0 aliphatic heterocycles. The fourth-order valence-electron chi connectivity index (χ4n) is 2.07. The first kappa shape index (κ1) is 17.4. The smallest absolute Gasteiger partial charge is 0.234 e. The zero-order valence-electron chi connectivity index (χ0n) is 12.6. The molecule has 2 aromatic carbocycles. The molecule has 0 saturated carbocycles. The summed E-state index contributed by atoms with van der Waals surface area (Å²) in [6, 6.07) is 10.1. The Balaban J connectivity index is 1.80. The highest BCUT2D eigenvalue weighted by atomic mass is 35.5. The summed E-state index contributed by atoms with van der Waals surface area (Å²) in [5, 5.41) is 6.30. The lowest BCUT2D eigenvalue weighted by Gasteiger charge is -2.15. The molecule has 2 N–H and O–H groups in total. The van der Waals surface area contributed by atoms with Crippen molar-refractivity contribution < 1.29 is 13.6 Å². The molecule has 2 rings (SSSR count). The average molecular weight is 339 g/mol.